The van der Waals surface area contributed by atoms with Crippen LogP contribution in [0, 0.1) is 6.29 Å². The van der Waals surface area contributed by atoms with Crippen molar-refractivity contribution >= 4 is 5.97 Å². The zero-order valence-corrected chi connectivity index (χ0v) is 9.20. The summed E-state index contributed by atoms with van der Waals surface area (Å²) >= 11 is 0. The third kappa shape index (κ3) is 4.62. The molecule has 1 saturated heterocycles. The van der Waals surface area contributed by atoms with Gasteiger partial charge < -0.3 is 14.6 Å². The molecule has 4 nitrogen and oxygen atoms in total. The van der Waals surface area contributed by atoms with E-state index in [0.29, 0.717) is 6.29 Å². The summed E-state index contributed by atoms with van der Waals surface area (Å²) in [5, 5.41) is 8.65. The number of hydrogen-bond acceptors (Lipinski definition) is 3. The van der Waals surface area contributed by atoms with Gasteiger partial charge in [0.1, 0.15) is 0 Å². The van der Waals surface area contributed by atoms with E-state index in [4.69, 9.17) is 14.6 Å². The number of aliphatic carboxylic acids is 1. The normalized spacial score (nSPS) is 22.1. The Morgan fingerprint density at radius 2 is 2.13 bits per heavy atom. The molecule has 1 unspecified atom stereocenters. The van der Waals surface area contributed by atoms with Crippen molar-refractivity contribution < 1.29 is 19.4 Å². The molecule has 0 aromatic heterocycles. The highest BCUT2D eigenvalue weighted by molar-refractivity contribution is 5.72. The Morgan fingerprint density at radius 3 is 2.73 bits per heavy atom. The Hall–Kier alpha value is -0.610. The third-order valence-corrected chi connectivity index (χ3v) is 2.43. The van der Waals surface area contributed by atoms with E-state index >= 15 is 0 Å². The predicted molar refractivity (Wildman–Crippen MR) is 55.1 cm³/mol. The van der Waals surface area contributed by atoms with Crippen LogP contribution in [0.5, 0.6) is 0 Å². The highest BCUT2D eigenvalue weighted by Gasteiger charge is 2.32. The minimum Gasteiger partial charge on any atom is -0.479 e. The van der Waals surface area contributed by atoms with Crippen LogP contribution in [0.4, 0.5) is 0 Å². The van der Waals surface area contributed by atoms with Gasteiger partial charge in [0.05, 0.1) is 6.61 Å². The molecule has 1 rings (SSSR count). The molecule has 1 aliphatic rings. The van der Waals surface area contributed by atoms with Crippen molar-refractivity contribution in [2.45, 2.75) is 51.6 Å². The fourth-order valence-corrected chi connectivity index (χ4v) is 1.52. The van der Waals surface area contributed by atoms with E-state index in [1.807, 2.05) is 0 Å². The Labute approximate surface area is 90.6 Å². The second-order valence-electron chi connectivity index (χ2n) is 3.79. The molecule has 0 bridgehead atoms. The smallest absolute Gasteiger partial charge is 0.335 e. The average molecular weight is 215 g/mol. The first-order chi connectivity index (χ1) is 7.24. The van der Waals surface area contributed by atoms with Gasteiger partial charge in [0.2, 0.25) is 6.29 Å². The van der Waals surface area contributed by atoms with E-state index in [9.17, 15) is 4.79 Å². The molecule has 0 aromatic rings. The largest absolute Gasteiger partial charge is 0.479 e. The lowest BCUT2D eigenvalue weighted by molar-refractivity contribution is -0.146. The van der Waals surface area contributed by atoms with Gasteiger partial charge in [-0.05, 0) is 6.42 Å². The molecule has 15 heavy (non-hydrogen) atoms. The van der Waals surface area contributed by atoms with Crippen molar-refractivity contribution in [3.05, 3.63) is 6.29 Å². The first-order valence-corrected chi connectivity index (χ1v) is 5.62. The molecule has 1 radical (unpaired) electrons. The lowest BCUT2D eigenvalue weighted by Crippen LogP contribution is -2.21. The van der Waals surface area contributed by atoms with E-state index < -0.39 is 12.1 Å². The summed E-state index contributed by atoms with van der Waals surface area (Å²) in [7, 11) is 0. The van der Waals surface area contributed by atoms with Crippen molar-refractivity contribution in [1.29, 1.82) is 0 Å². The van der Waals surface area contributed by atoms with Crippen molar-refractivity contribution in [2.24, 2.45) is 0 Å². The van der Waals surface area contributed by atoms with E-state index in [2.05, 4.69) is 6.92 Å². The zero-order valence-electron chi connectivity index (χ0n) is 9.20. The quantitative estimate of drug-likeness (QED) is 0.662. The molecule has 1 heterocycles. The summed E-state index contributed by atoms with van der Waals surface area (Å²) < 4.78 is 10.3. The number of ether oxygens (including phenoxy) is 2. The maximum atomic E-state index is 10.5. The Kier molecular flexibility index (Phi) is 5.65. The van der Waals surface area contributed by atoms with Crippen molar-refractivity contribution in [3.8, 4) is 0 Å². The monoisotopic (exact) mass is 215 g/mol. The molecule has 1 atom stereocenters. The van der Waals surface area contributed by atoms with Gasteiger partial charge in [-0.25, -0.2) is 4.79 Å². The maximum Gasteiger partial charge on any atom is 0.335 e. The molecule has 4 heteroatoms. The topological polar surface area (TPSA) is 55.8 Å². The van der Waals surface area contributed by atoms with Crippen LogP contribution < -0.4 is 0 Å². The molecule has 0 amide bonds. The van der Waals surface area contributed by atoms with Gasteiger partial charge in [0.25, 0.3) is 0 Å². The van der Waals surface area contributed by atoms with Gasteiger partial charge in [0, 0.05) is 6.42 Å². The molecular weight excluding hydrogens is 196 g/mol. The van der Waals surface area contributed by atoms with Crippen LogP contribution in [0.3, 0.4) is 0 Å². The van der Waals surface area contributed by atoms with Crippen LogP contribution in [-0.4, -0.2) is 23.8 Å². The highest BCUT2D eigenvalue weighted by Crippen LogP contribution is 2.24. The standard InChI is InChI=1S/C11H19O4/c1-2-3-4-5-6-7-10-14-8-9(15-10)11(12)13/h9H,2-8H2,1H3,(H,12,13). The number of carboxylic acid groups (broad SMARTS) is 1. The van der Waals surface area contributed by atoms with Gasteiger partial charge in [-0.15, -0.1) is 0 Å². The zero-order chi connectivity index (χ0) is 11.1. The van der Waals surface area contributed by atoms with Crippen LogP contribution in [0.25, 0.3) is 0 Å². The Balaban J connectivity index is 2.01. The van der Waals surface area contributed by atoms with E-state index in [-0.39, 0.29) is 6.61 Å². The van der Waals surface area contributed by atoms with E-state index in [0.717, 1.165) is 19.3 Å². The van der Waals surface area contributed by atoms with E-state index in [1.165, 1.54) is 19.3 Å². The lowest BCUT2D eigenvalue weighted by atomic mass is 10.1. The number of hydrogen-bond donors (Lipinski definition) is 1. The van der Waals surface area contributed by atoms with Crippen LogP contribution in [0.1, 0.15) is 45.4 Å². The van der Waals surface area contributed by atoms with Crippen LogP contribution in [-0.2, 0) is 14.3 Å². The van der Waals surface area contributed by atoms with Crippen LogP contribution in [0.2, 0.25) is 0 Å². The molecule has 1 N–H and O–H groups in total. The lowest BCUT2D eigenvalue weighted by Gasteiger charge is -2.06. The Morgan fingerprint density at radius 1 is 1.40 bits per heavy atom. The summed E-state index contributed by atoms with van der Waals surface area (Å²) in [4.78, 5) is 10.5. The Bertz CT molecular complexity index is 193. The summed E-state index contributed by atoms with van der Waals surface area (Å²) in [5.41, 5.74) is 0. The second kappa shape index (κ2) is 6.80. The van der Waals surface area contributed by atoms with Gasteiger partial charge in [-0.2, -0.15) is 0 Å². The van der Waals surface area contributed by atoms with Gasteiger partial charge in [0.15, 0.2) is 6.10 Å². The average Bonchev–Trinajstić information content (AvgIpc) is 2.66. The summed E-state index contributed by atoms with van der Waals surface area (Å²) in [6, 6.07) is 0. The van der Waals surface area contributed by atoms with Crippen molar-refractivity contribution in [2.75, 3.05) is 6.61 Å². The number of carbonyl (C=O) groups is 1. The maximum absolute atomic E-state index is 10.5. The molecular formula is C11H19O4. The number of carboxylic acids is 1. The minimum atomic E-state index is -0.948. The second-order valence-corrected chi connectivity index (χ2v) is 3.79. The third-order valence-electron chi connectivity index (χ3n) is 2.43. The SMILES string of the molecule is CCCCCCC[C]1OCC(C(=O)O)O1. The fraction of sp³-hybridized carbons (Fsp3) is 0.818. The van der Waals surface area contributed by atoms with Gasteiger partial charge in [-0.3, -0.25) is 0 Å². The van der Waals surface area contributed by atoms with Crippen LogP contribution >= 0.6 is 0 Å². The molecule has 1 fully saturated rings. The summed E-state index contributed by atoms with van der Waals surface area (Å²) in [6.45, 7) is 2.33. The minimum absolute atomic E-state index is 0.152. The molecule has 0 spiro atoms. The highest BCUT2D eigenvalue weighted by atomic mass is 16.7. The van der Waals surface area contributed by atoms with Crippen molar-refractivity contribution in [3.63, 3.8) is 0 Å². The molecule has 0 aromatic carbocycles. The first-order valence-electron chi connectivity index (χ1n) is 5.62. The van der Waals surface area contributed by atoms with Crippen molar-refractivity contribution in [1.82, 2.24) is 0 Å². The number of unbranched alkanes of at least 4 members (excludes halogenated alkanes) is 4. The van der Waals surface area contributed by atoms with Gasteiger partial charge >= 0.3 is 5.97 Å². The summed E-state index contributed by atoms with van der Waals surface area (Å²) in [5.74, 6) is -0.948. The molecule has 1 aliphatic heterocycles. The first kappa shape index (κ1) is 12.5. The van der Waals surface area contributed by atoms with Crippen LogP contribution in [0.15, 0.2) is 0 Å². The predicted octanol–water partition coefficient (Wildman–Crippen LogP) is 2.34. The molecule has 0 aliphatic carbocycles. The summed E-state index contributed by atoms with van der Waals surface area (Å²) in [6.07, 6.45) is 6.32. The fourth-order valence-electron chi connectivity index (χ4n) is 1.52. The van der Waals surface area contributed by atoms with E-state index in [1.54, 1.807) is 0 Å². The molecule has 0 saturated carbocycles. The molecule has 87 valence electrons. The van der Waals surface area contributed by atoms with Gasteiger partial charge in [-0.1, -0.05) is 32.6 Å². The number of rotatable bonds is 7.